The lowest BCUT2D eigenvalue weighted by Crippen LogP contribution is -2.47. The van der Waals surface area contributed by atoms with Crippen molar-refractivity contribution in [1.29, 1.82) is 0 Å². The SMILES string of the molecule is CCCCC(=O)N(CCNC)CCN(CCNCCNC(=O)CCC)CCN(CCNCCN)CCN(CCN)C(=O)CCC. The van der Waals surface area contributed by atoms with Crippen LogP contribution >= 0.6 is 0 Å². The zero-order valence-electron chi connectivity index (χ0n) is 29.3. The number of rotatable bonds is 32. The third-order valence-electron chi connectivity index (χ3n) is 7.68. The Morgan fingerprint density at radius 2 is 1.09 bits per heavy atom. The first-order chi connectivity index (χ1) is 21.9. The van der Waals surface area contributed by atoms with Crippen molar-refractivity contribution in [2.75, 3.05) is 125 Å². The third kappa shape index (κ3) is 24.0. The Morgan fingerprint density at radius 1 is 0.533 bits per heavy atom. The number of unbranched alkanes of at least 4 members (excludes halogenated alkanes) is 1. The molecule has 0 aromatic rings. The van der Waals surface area contributed by atoms with Crippen LogP contribution in [0.25, 0.3) is 0 Å². The Labute approximate surface area is 274 Å². The minimum Gasteiger partial charge on any atom is -0.355 e. The molecule has 0 aliphatic carbocycles. The monoisotopic (exact) mass is 643 g/mol. The summed E-state index contributed by atoms with van der Waals surface area (Å²) in [7, 11) is 1.92. The van der Waals surface area contributed by atoms with E-state index < -0.39 is 0 Å². The van der Waals surface area contributed by atoms with Crippen molar-refractivity contribution in [2.24, 2.45) is 11.5 Å². The fourth-order valence-corrected chi connectivity index (χ4v) is 4.89. The third-order valence-corrected chi connectivity index (χ3v) is 7.68. The van der Waals surface area contributed by atoms with Crippen LogP contribution in [0, 0.1) is 0 Å². The number of likely N-dealkylation sites (N-methyl/N-ethyl adjacent to an activating group) is 1. The molecule has 0 aromatic carbocycles. The molecular weight excluding hydrogens is 572 g/mol. The van der Waals surface area contributed by atoms with Gasteiger partial charge in [0.15, 0.2) is 0 Å². The molecule has 13 heteroatoms. The number of hydrogen-bond donors (Lipinski definition) is 6. The van der Waals surface area contributed by atoms with E-state index in [1.165, 1.54) is 0 Å². The van der Waals surface area contributed by atoms with Crippen molar-refractivity contribution in [3.05, 3.63) is 0 Å². The van der Waals surface area contributed by atoms with E-state index in [0.717, 1.165) is 97.7 Å². The molecule has 3 amide bonds. The Balaban J connectivity index is 5.40. The van der Waals surface area contributed by atoms with Crippen LogP contribution in [-0.4, -0.2) is 162 Å². The molecule has 45 heavy (non-hydrogen) atoms. The van der Waals surface area contributed by atoms with Crippen molar-refractivity contribution in [3.8, 4) is 0 Å². The lowest BCUT2D eigenvalue weighted by atomic mass is 10.2. The van der Waals surface area contributed by atoms with Gasteiger partial charge in [-0.1, -0.05) is 27.2 Å². The summed E-state index contributed by atoms with van der Waals surface area (Å²) >= 11 is 0. The molecule has 0 saturated heterocycles. The molecule has 0 aliphatic rings. The summed E-state index contributed by atoms with van der Waals surface area (Å²) in [6.07, 6.45) is 5.28. The Kier molecular flexibility index (Phi) is 29.5. The van der Waals surface area contributed by atoms with Crippen LogP contribution in [0.15, 0.2) is 0 Å². The highest BCUT2D eigenvalue weighted by Gasteiger charge is 2.17. The van der Waals surface area contributed by atoms with E-state index >= 15 is 0 Å². The first-order valence-electron chi connectivity index (χ1n) is 17.6. The van der Waals surface area contributed by atoms with Gasteiger partial charge in [0.2, 0.25) is 17.7 Å². The molecule has 0 unspecified atom stereocenters. The largest absolute Gasteiger partial charge is 0.355 e. The number of amides is 3. The zero-order chi connectivity index (χ0) is 33.5. The molecule has 266 valence electrons. The molecule has 0 aliphatic heterocycles. The van der Waals surface area contributed by atoms with Gasteiger partial charge in [0.1, 0.15) is 0 Å². The van der Waals surface area contributed by atoms with Crippen LogP contribution in [-0.2, 0) is 14.4 Å². The van der Waals surface area contributed by atoms with Gasteiger partial charge in [0.25, 0.3) is 0 Å². The second-order valence-corrected chi connectivity index (χ2v) is 11.6. The van der Waals surface area contributed by atoms with Gasteiger partial charge in [-0.05, 0) is 26.3 Å². The van der Waals surface area contributed by atoms with Crippen LogP contribution in [0.4, 0.5) is 0 Å². The van der Waals surface area contributed by atoms with Crippen molar-refractivity contribution in [3.63, 3.8) is 0 Å². The molecule has 13 nitrogen and oxygen atoms in total. The van der Waals surface area contributed by atoms with E-state index in [4.69, 9.17) is 11.5 Å². The van der Waals surface area contributed by atoms with E-state index in [-0.39, 0.29) is 17.7 Å². The summed E-state index contributed by atoms with van der Waals surface area (Å²) in [4.78, 5) is 46.1. The highest BCUT2D eigenvalue weighted by atomic mass is 16.2. The molecule has 0 heterocycles. The summed E-state index contributed by atoms with van der Waals surface area (Å²) in [5.74, 6) is 0.479. The highest BCUT2D eigenvalue weighted by Crippen LogP contribution is 2.03. The molecule has 0 radical (unpaired) electrons. The van der Waals surface area contributed by atoms with Crippen LogP contribution in [0.3, 0.4) is 0 Å². The van der Waals surface area contributed by atoms with E-state index in [9.17, 15) is 14.4 Å². The first-order valence-corrected chi connectivity index (χ1v) is 17.6. The van der Waals surface area contributed by atoms with E-state index in [1.54, 1.807) is 0 Å². The summed E-state index contributed by atoms with van der Waals surface area (Å²) in [5.41, 5.74) is 11.5. The van der Waals surface area contributed by atoms with Crippen LogP contribution in [0.1, 0.15) is 65.7 Å². The smallest absolute Gasteiger partial charge is 0.222 e. The molecule has 0 spiro atoms. The maximum absolute atomic E-state index is 13.0. The van der Waals surface area contributed by atoms with Gasteiger partial charge in [-0.25, -0.2) is 0 Å². The predicted octanol–water partition coefficient (Wildman–Crippen LogP) is -0.530. The summed E-state index contributed by atoms with van der Waals surface area (Å²) in [6, 6.07) is 0. The van der Waals surface area contributed by atoms with Gasteiger partial charge < -0.3 is 42.5 Å². The van der Waals surface area contributed by atoms with Gasteiger partial charge in [-0.3, -0.25) is 24.2 Å². The standard InChI is InChI=1S/C32H70N10O3/c1-5-8-11-32(45)42(23-17-35-4)29-27-40(22-19-37-15-16-38-30(43)9-6-2)25-24-39(21-18-36-14-12-33)26-28-41(20-13-34)31(44)10-7-3/h35-37H,5-29,33-34H2,1-4H3,(H,38,43). The van der Waals surface area contributed by atoms with E-state index in [0.29, 0.717) is 65.1 Å². The highest BCUT2D eigenvalue weighted by molar-refractivity contribution is 5.76. The van der Waals surface area contributed by atoms with E-state index in [2.05, 4.69) is 38.0 Å². The second-order valence-electron chi connectivity index (χ2n) is 11.6. The van der Waals surface area contributed by atoms with Gasteiger partial charge >= 0.3 is 0 Å². The van der Waals surface area contributed by atoms with Crippen molar-refractivity contribution < 1.29 is 14.4 Å². The zero-order valence-corrected chi connectivity index (χ0v) is 29.3. The number of hydrogen-bond acceptors (Lipinski definition) is 10. The maximum atomic E-state index is 13.0. The Morgan fingerprint density at radius 3 is 1.62 bits per heavy atom. The van der Waals surface area contributed by atoms with Gasteiger partial charge in [0.05, 0.1) is 0 Å². The minimum absolute atomic E-state index is 0.0952. The molecule has 0 fully saturated rings. The van der Waals surface area contributed by atoms with Crippen molar-refractivity contribution in [2.45, 2.75) is 65.7 Å². The normalized spacial score (nSPS) is 11.4. The molecule has 0 saturated carbocycles. The topological polar surface area (TPSA) is 164 Å². The molecule has 0 bridgehead atoms. The van der Waals surface area contributed by atoms with Crippen LogP contribution in [0.5, 0.6) is 0 Å². The van der Waals surface area contributed by atoms with Crippen LogP contribution < -0.4 is 32.7 Å². The number of nitrogens with one attached hydrogen (secondary N) is 4. The van der Waals surface area contributed by atoms with E-state index in [1.807, 2.05) is 30.7 Å². The predicted molar refractivity (Wildman–Crippen MR) is 186 cm³/mol. The van der Waals surface area contributed by atoms with Crippen LogP contribution in [0.2, 0.25) is 0 Å². The van der Waals surface area contributed by atoms with Crippen molar-refractivity contribution >= 4 is 17.7 Å². The summed E-state index contributed by atoms with van der Waals surface area (Å²) < 4.78 is 0. The van der Waals surface area contributed by atoms with Gasteiger partial charge in [-0.2, -0.15) is 0 Å². The number of nitrogens with zero attached hydrogens (tertiary/aromatic N) is 4. The summed E-state index contributed by atoms with van der Waals surface area (Å²) in [6.45, 7) is 19.2. The van der Waals surface area contributed by atoms with Crippen molar-refractivity contribution in [1.82, 2.24) is 40.9 Å². The molecule has 0 aromatic heterocycles. The fourth-order valence-electron chi connectivity index (χ4n) is 4.89. The molecule has 8 N–H and O–H groups in total. The Hall–Kier alpha value is -1.87. The maximum Gasteiger partial charge on any atom is 0.222 e. The van der Waals surface area contributed by atoms with Gasteiger partial charge in [-0.15, -0.1) is 0 Å². The average Bonchev–Trinajstić information content (AvgIpc) is 3.03. The molecular formula is C32H70N10O3. The minimum atomic E-state index is 0.0952. The quantitative estimate of drug-likeness (QED) is 0.0526. The summed E-state index contributed by atoms with van der Waals surface area (Å²) in [5, 5.41) is 13.0. The molecule has 0 rings (SSSR count). The Bertz CT molecular complexity index is 731. The average molecular weight is 643 g/mol. The molecule has 0 atom stereocenters. The second kappa shape index (κ2) is 30.8. The lowest BCUT2D eigenvalue weighted by Gasteiger charge is -2.32. The van der Waals surface area contributed by atoms with Gasteiger partial charge in [0, 0.05) is 137 Å². The fraction of sp³-hybridized carbons (Fsp3) is 0.906. The first kappa shape index (κ1) is 43.1. The number of nitrogens with two attached hydrogens (primary N) is 2. The number of carbonyl (C=O) groups is 3. The number of carbonyl (C=O) groups excluding carboxylic acids is 3. The lowest BCUT2D eigenvalue weighted by molar-refractivity contribution is -0.132.